The van der Waals surface area contributed by atoms with Gasteiger partial charge in [0, 0.05) is 0 Å². The van der Waals surface area contributed by atoms with Crippen molar-refractivity contribution in [3.8, 4) is 5.75 Å². The van der Waals surface area contributed by atoms with E-state index in [2.05, 4.69) is 0 Å². The van der Waals surface area contributed by atoms with E-state index < -0.39 is 17.8 Å². The van der Waals surface area contributed by atoms with E-state index in [4.69, 9.17) is 4.74 Å². The Bertz CT molecular complexity index is 327. The number of aliphatic hydroxyl groups excluding tert-OH is 1. The first-order valence-electron chi connectivity index (χ1n) is 4.70. The molecule has 0 saturated heterocycles. The molecule has 0 aromatic heterocycles. The molecule has 0 spiro atoms. The number of halogens is 2. The molecule has 16 heavy (non-hydrogen) atoms. The van der Waals surface area contributed by atoms with Crippen LogP contribution in [0.4, 0.5) is 8.78 Å². The molecule has 0 aliphatic heterocycles. The normalized spacial score (nSPS) is 13.6. The second kappa shape index (κ2) is 5.50. The number of thioether (sulfide) groups is 1. The zero-order valence-corrected chi connectivity index (χ0v) is 9.93. The van der Waals surface area contributed by atoms with Crippen LogP contribution in [0.3, 0.4) is 0 Å². The lowest BCUT2D eigenvalue weighted by atomic mass is 10.0. The van der Waals surface area contributed by atoms with Gasteiger partial charge in [-0.1, -0.05) is 12.1 Å². The van der Waals surface area contributed by atoms with Gasteiger partial charge in [-0.2, -0.15) is 11.8 Å². The maximum atomic E-state index is 13.4. The van der Waals surface area contributed by atoms with E-state index in [1.165, 1.54) is 19.2 Å². The molecule has 0 saturated carbocycles. The van der Waals surface area contributed by atoms with Crippen molar-refractivity contribution < 1.29 is 18.6 Å². The molecule has 0 bridgehead atoms. The summed E-state index contributed by atoms with van der Waals surface area (Å²) in [6, 6.07) is 5.98. The molecule has 2 nitrogen and oxygen atoms in total. The highest BCUT2D eigenvalue weighted by Gasteiger charge is 2.38. The topological polar surface area (TPSA) is 29.5 Å². The van der Waals surface area contributed by atoms with Gasteiger partial charge in [0.25, 0.3) is 5.92 Å². The van der Waals surface area contributed by atoms with Gasteiger partial charge in [0.2, 0.25) is 0 Å². The van der Waals surface area contributed by atoms with Gasteiger partial charge in [0.15, 0.2) is 0 Å². The maximum absolute atomic E-state index is 13.4. The standard InChI is InChI=1S/C11H14F2O2S/c1-15-9-5-3-8(4-6-9)10(14)11(12,13)7-16-2/h3-6,10,14H,7H2,1-2H3. The number of alkyl halides is 2. The molecular formula is C11H14F2O2S. The summed E-state index contributed by atoms with van der Waals surface area (Å²) in [6.07, 6.45) is -0.194. The Labute approximate surface area is 97.6 Å². The van der Waals surface area contributed by atoms with Crippen LogP contribution in [0.2, 0.25) is 0 Å². The number of hydrogen-bond acceptors (Lipinski definition) is 3. The predicted molar refractivity (Wildman–Crippen MR) is 61.3 cm³/mol. The fraction of sp³-hybridized carbons (Fsp3) is 0.455. The first-order valence-corrected chi connectivity index (χ1v) is 6.09. The summed E-state index contributed by atoms with van der Waals surface area (Å²) in [7, 11) is 1.49. The number of benzene rings is 1. The highest BCUT2D eigenvalue weighted by molar-refractivity contribution is 7.98. The van der Waals surface area contributed by atoms with Crippen LogP contribution in [-0.2, 0) is 0 Å². The Morgan fingerprint density at radius 3 is 2.38 bits per heavy atom. The van der Waals surface area contributed by atoms with E-state index in [1.54, 1.807) is 18.4 Å². The first-order chi connectivity index (χ1) is 7.51. The minimum Gasteiger partial charge on any atom is -0.497 e. The Morgan fingerprint density at radius 2 is 1.94 bits per heavy atom. The van der Waals surface area contributed by atoms with Gasteiger partial charge in [-0.15, -0.1) is 0 Å². The van der Waals surface area contributed by atoms with Crippen molar-refractivity contribution >= 4 is 11.8 Å². The number of ether oxygens (including phenoxy) is 1. The van der Waals surface area contributed by atoms with Crippen molar-refractivity contribution in [2.24, 2.45) is 0 Å². The Balaban J connectivity index is 2.83. The molecule has 1 N–H and O–H groups in total. The van der Waals surface area contributed by atoms with Crippen LogP contribution in [0, 0.1) is 0 Å². The first kappa shape index (κ1) is 13.3. The van der Waals surface area contributed by atoms with Crippen molar-refractivity contribution in [2.45, 2.75) is 12.0 Å². The second-order valence-corrected chi connectivity index (χ2v) is 4.24. The van der Waals surface area contributed by atoms with Crippen molar-refractivity contribution in [1.82, 2.24) is 0 Å². The summed E-state index contributed by atoms with van der Waals surface area (Å²) in [4.78, 5) is 0. The second-order valence-electron chi connectivity index (χ2n) is 3.37. The van der Waals surface area contributed by atoms with Gasteiger partial charge in [0.05, 0.1) is 12.9 Å². The van der Waals surface area contributed by atoms with E-state index in [0.717, 1.165) is 11.8 Å². The molecule has 0 heterocycles. The number of methoxy groups -OCH3 is 1. The van der Waals surface area contributed by atoms with E-state index in [9.17, 15) is 13.9 Å². The maximum Gasteiger partial charge on any atom is 0.286 e. The zero-order chi connectivity index (χ0) is 12.2. The summed E-state index contributed by atoms with van der Waals surface area (Å²) in [6.45, 7) is 0. The van der Waals surface area contributed by atoms with Gasteiger partial charge in [0.1, 0.15) is 11.9 Å². The molecule has 0 aliphatic rings. The Hall–Kier alpha value is -0.810. The summed E-state index contributed by atoms with van der Waals surface area (Å²) in [5, 5.41) is 9.54. The molecule has 0 amide bonds. The Kier molecular flexibility index (Phi) is 4.56. The fourth-order valence-electron chi connectivity index (χ4n) is 1.30. The van der Waals surface area contributed by atoms with E-state index >= 15 is 0 Å². The van der Waals surface area contributed by atoms with Crippen molar-refractivity contribution in [3.05, 3.63) is 29.8 Å². The third kappa shape index (κ3) is 3.09. The van der Waals surface area contributed by atoms with Gasteiger partial charge in [-0.05, 0) is 24.0 Å². The van der Waals surface area contributed by atoms with Crippen molar-refractivity contribution in [2.75, 3.05) is 19.1 Å². The fourth-order valence-corrected chi connectivity index (χ4v) is 1.84. The lowest BCUT2D eigenvalue weighted by Crippen LogP contribution is -2.28. The highest BCUT2D eigenvalue weighted by Crippen LogP contribution is 2.34. The SMILES string of the molecule is COc1ccc(C(O)C(F)(F)CSC)cc1. The van der Waals surface area contributed by atoms with Crippen molar-refractivity contribution in [1.29, 1.82) is 0 Å². The lowest BCUT2D eigenvalue weighted by Gasteiger charge is -2.22. The molecule has 1 rings (SSSR count). The van der Waals surface area contributed by atoms with Crippen LogP contribution in [0.5, 0.6) is 5.75 Å². The van der Waals surface area contributed by atoms with Gasteiger partial charge in [-0.25, -0.2) is 8.78 Å². The smallest absolute Gasteiger partial charge is 0.286 e. The predicted octanol–water partition coefficient (Wildman–Crippen LogP) is 2.73. The molecule has 0 aliphatic carbocycles. The van der Waals surface area contributed by atoms with E-state index in [0.29, 0.717) is 5.75 Å². The number of aliphatic hydroxyl groups is 1. The van der Waals surface area contributed by atoms with Gasteiger partial charge in [-0.3, -0.25) is 0 Å². The molecular weight excluding hydrogens is 234 g/mol. The van der Waals surface area contributed by atoms with Crippen LogP contribution < -0.4 is 4.74 Å². The minimum atomic E-state index is -3.12. The summed E-state index contributed by atoms with van der Waals surface area (Å²) in [5.74, 6) is -2.95. The van der Waals surface area contributed by atoms with Crippen LogP contribution in [-0.4, -0.2) is 30.1 Å². The minimum absolute atomic E-state index is 0.194. The number of rotatable bonds is 5. The quantitative estimate of drug-likeness (QED) is 0.868. The van der Waals surface area contributed by atoms with Crippen LogP contribution >= 0.6 is 11.8 Å². The van der Waals surface area contributed by atoms with Crippen LogP contribution in [0.1, 0.15) is 11.7 Å². The molecule has 1 atom stereocenters. The van der Waals surface area contributed by atoms with E-state index in [1.807, 2.05) is 0 Å². The molecule has 90 valence electrons. The molecule has 1 unspecified atom stereocenters. The average molecular weight is 248 g/mol. The van der Waals surface area contributed by atoms with Gasteiger partial charge < -0.3 is 9.84 Å². The highest BCUT2D eigenvalue weighted by atomic mass is 32.2. The van der Waals surface area contributed by atoms with Gasteiger partial charge >= 0.3 is 0 Å². The van der Waals surface area contributed by atoms with Crippen LogP contribution in [0.25, 0.3) is 0 Å². The zero-order valence-electron chi connectivity index (χ0n) is 9.11. The number of hydrogen-bond donors (Lipinski definition) is 1. The van der Waals surface area contributed by atoms with Crippen molar-refractivity contribution in [3.63, 3.8) is 0 Å². The third-order valence-corrected chi connectivity index (χ3v) is 2.84. The Morgan fingerprint density at radius 1 is 1.38 bits per heavy atom. The largest absolute Gasteiger partial charge is 0.497 e. The molecule has 1 aromatic carbocycles. The summed E-state index contributed by atoms with van der Waals surface area (Å²) in [5.41, 5.74) is 0.194. The summed E-state index contributed by atoms with van der Waals surface area (Å²) < 4.78 is 31.7. The monoisotopic (exact) mass is 248 g/mol. The molecule has 1 aromatic rings. The van der Waals surface area contributed by atoms with E-state index in [-0.39, 0.29) is 5.56 Å². The van der Waals surface area contributed by atoms with Crippen LogP contribution in [0.15, 0.2) is 24.3 Å². The third-order valence-electron chi connectivity index (χ3n) is 2.17. The molecule has 0 fully saturated rings. The molecule has 0 radical (unpaired) electrons. The average Bonchev–Trinajstić information content (AvgIpc) is 2.28. The lowest BCUT2D eigenvalue weighted by molar-refractivity contribution is -0.0913. The summed E-state index contributed by atoms with van der Waals surface area (Å²) >= 11 is 1.00. The molecule has 5 heteroatoms.